The highest BCUT2D eigenvalue weighted by Crippen LogP contribution is 2.25. The highest BCUT2D eigenvalue weighted by Gasteiger charge is 2.12. The van der Waals surface area contributed by atoms with Crippen LogP contribution in [0.4, 0.5) is 8.78 Å². The van der Waals surface area contributed by atoms with Crippen LogP contribution >= 0.6 is 11.6 Å². The lowest BCUT2D eigenvalue weighted by Gasteiger charge is -2.17. The summed E-state index contributed by atoms with van der Waals surface area (Å²) in [4.78, 5) is 0. The van der Waals surface area contributed by atoms with Crippen molar-refractivity contribution in [3.05, 3.63) is 64.7 Å². The van der Waals surface area contributed by atoms with Gasteiger partial charge in [-0.15, -0.1) is 0 Å². The quantitative estimate of drug-likeness (QED) is 0.891. The monoisotopic (exact) mass is 297 g/mol. The van der Waals surface area contributed by atoms with Crippen LogP contribution in [-0.4, -0.2) is 13.7 Å². The van der Waals surface area contributed by atoms with E-state index in [1.165, 1.54) is 12.1 Å². The van der Waals surface area contributed by atoms with Gasteiger partial charge in [0, 0.05) is 5.02 Å². The largest absolute Gasteiger partial charge is 0.435 e. The first-order chi connectivity index (χ1) is 9.60. The summed E-state index contributed by atoms with van der Waals surface area (Å²) in [7, 11) is 1.84. The lowest BCUT2D eigenvalue weighted by atomic mass is 9.99. The average Bonchev–Trinajstić information content (AvgIpc) is 2.43. The van der Waals surface area contributed by atoms with Gasteiger partial charge in [0.1, 0.15) is 5.75 Å². The molecule has 0 bridgehead atoms. The number of halogens is 3. The van der Waals surface area contributed by atoms with Crippen LogP contribution in [0.2, 0.25) is 5.02 Å². The van der Waals surface area contributed by atoms with E-state index in [0.29, 0.717) is 5.02 Å². The molecule has 0 aliphatic heterocycles. The summed E-state index contributed by atoms with van der Waals surface area (Å²) in [5.74, 6) is 0.148. The maximum Gasteiger partial charge on any atom is 0.387 e. The molecule has 1 N–H and O–H groups in total. The van der Waals surface area contributed by atoms with Crippen LogP contribution in [0, 0.1) is 0 Å². The van der Waals surface area contributed by atoms with Gasteiger partial charge in [-0.05, 0) is 42.4 Å². The molecular formula is C15H14ClF2NO. The minimum Gasteiger partial charge on any atom is -0.435 e. The molecule has 0 saturated heterocycles. The standard InChI is InChI=1S/C15H14ClF2NO/c1-19-14(10-2-6-12(16)7-3-10)11-4-8-13(9-5-11)20-15(17)18/h2-9,14-15,19H,1H3. The van der Waals surface area contributed by atoms with Gasteiger partial charge in [0.05, 0.1) is 6.04 Å². The predicted octanol–water partition coefficient (Wildman–Crippen LogP) is 4.25. The smallest absolute Gasteiger partial charge is 0.387 e. The molecule has 0 amide bonds. The zero-order chi connectivity index (χ0) is 14.5. The van der Waals surface area contributed by atoms with E-state index >= 15 is 0 Å². The highest BCUT2D eigenvalue weighted by atomic mass is 35.5. The van der Waals surface area contributed by atoms with Crippen molar-refractivity contribution in [2.24, 2.45) is 0 Å². The Labute approximate surface area is 121 Å². The first-order valence-electron chi connectivity index (χ1n) is 6.07. The van der Waals surface area contributed by atoms with Crippen LogP contribution in [-0.2, 0) is 0 Å². The molecule has 0 spiro atoms. The number of rotatable bonds is 5. The fraction of sp³-hybridized carbons (Fsp3) is 0.200. The fourth-order valence-electron chi connectivity index (χ4n) is 2.02. The molecule has 1 atom stereocenters. The maximum absolute atomic E-state index is 12.1. The molecule has 1 unspecified atom stereocenters. The normalized spacial score (nSPS) is 12.4. The summed E-state index contributed by atoms with van der Waals surface area (Å²) in [5, 5.41) is 3.85. The summed E-state index contributed by atoms with van der Waals surface area (Å²) < 4.78 is 28.5. The minimum absolute atomic E-state index is 0.0344. The molecule has 0 fully saturated rings. The molecule has 106 valence electrons. The summed E-state index contributed by atoms with van der Waals surface area (Å²) in [5.41, 5.74) is 2.00. The average molecular weight is 298 g/mol. The Morgan fingerprint density at radius 1 is 0.950 bits per heavy atom. The number of hydrogen-bond donors (Lipinski definition) is 1. The molecule has 0 aliphatic carbocycles. The van der Waals surface area contributed by atoms with Crippen molar-refractivity contribution in [1.82, 2.24) is 5.32 Å². The number of ether oxygens (including phenoxy) is 1. The van der Waals surface area contributed by atoms with Crippen molar-refractivity contribution < 1.29 is 13.5 Å². The van der Waals surface area contributed by atoms with Crippen LogP contribution in [0.25, 0.3) is 0 Å². The molecule has 20 heavy (non-hydrogen) atoms. The topological polar surface area (TPSA) is 21.3 Å². The van der Waals surface area contributed by atoms with Crippen LogP contribution in [0.5, 0.6) is 5.75 Å². The third kappa shape index (κ3) is 3.68. The first kappa shape index (κ1) is 14.8. The Morgan fingerprint density at radius 2 is 1.45 bits per heavy atom. The van der Waals surface area contributed by atoms with E-state index < -0.39 is 6.61 Å². The highest BCUT2D eigenvalue weighted by molar-refractivity contribution is 6.30. The van der Waals surface area contributed by atoms with Gasteiger partial charge in [0.15, 0.2) is 0 Å². The molecule has 2 aromatic carbocycles. The van der Waals surface area contributed by atoms with Gasteiger partial charge >= 0.3 is 6.61 Å². The van der Waals surface area contributed by atoms with Gasteiger partial charge in [-0.25, -0.2) is 0 Å². The fourth-order valence-corrected chi connectivity index (χ4v) is 2.15. The maximum atomic E-state index is 12.1. The van der Waals surface area contributed by atoms with E-state index in [4.69, 9.17) is 11.6 Å². The van der Waals surface area contributed by atoms with E-state index in [-0.39, 0.29) is 11.8 Å². The lowest BCUT2D eigenvalue weighted by Crippen LogP contribution is -2.17. The Balaban J connectivity index is 2.21. The Bertz CT molecular complexity index is 543. The lowest BCUT2D eigenvalue weighted by molar-refractivity contribution is -0.0498. The Hall–Kier alpha value is -1.65. The molecule has 2 nitrogen and oxygen atoms in total. The second-order valence-corrected chi connectivity index (χ2v) is 4.66. The SMILES string of the molecule is CNC(c1ccc(Cl)cc1)c1ccc(OC(F)F)cc1. The van der Waals surface area contributed by atoms with Gasteiger partial charge in [-0.2, -0.15) is 8.78 Å². The molecule has 2 rings (SSSR count). The summed E-state index contributed by atoms with van der Waals surface area (Å²) in [6.45, 7) is -2.81. The molecule has 0 radical (unpaired) electrons. The van der Waals surface area contributed by atoms with Crippen molar-refractivity contribution in [2.75, 3.05) is 7.05 Å². The molecular weight excluding hydrogens is 284 g/mol. The van der Waals surface area contributed by atoms with E-state index in [2.05, 4.69) is 10.1 Å². The van der Waals surface area contributed by atoms with Gasteiger partial charge in [-0.1, -0.05) is 35.9 Å². The molecule has 0 heterocycles. The van der Waals surface area contributed by atoms with Crippen molar-refractivity contribution in [3.8, 4) is 5.75 Å². The van der Waals surface area contributed by atoms with Crippen LogP contribution in [0.15, 0.2) is 48.5 Å². The Kier molecular flexibility index (Phi) is 4.93. The Morgan fingerprint density at radius 3 is 1.90 bits per heavy atom. The molecule has 2 aromatic rings. The number of nitrogens with one attached hydrogen (secondary N) is 1. The van der Waals surface area contributed by atoms with Crippen LogP contribution in [0.3, 0.4) is 0 Å². The zero-order valence-corrected chi connectivity index (χ0v) is 11.6. The summed E-state index contributed by atoms with van der Waals surface area (Å²) in [6, 6.07) is 14.0. The van der Waals surface area contributed by atoms with Crippen molar-refractivity contribution in [2.45, 2.75) is 12.7 Å². The first-order valence-corrected chi connectivity index (χ1v) is 6.45. The molecule has 0 aromatic heterocycles. The molecule has 0 saturated carbocycles. The van der Waals surface area contributed by atoms with E-state index in [9.17, 15) is 8.78 Å². The third-order valence-electron chi connectivity index (χ3n) is 2.93. The number of benzene rings is 2. The van der Waals surface area contributed by atoms with Gasteiger partial charge in [0.2, 0.25) is 0 Å². The van der Waals surface area contributed by atoms with Gasteiger partial charge in [-0.3, -0.25) is 0 Å². The predicted molar refractivity (Wildman–Crippen MR) is 75.4 cm³/mol. The van der Waals surface area contributed by atoms with Crippen molar-refractivity contribution in [1.29, 1.82) is 0 Å². The second-order valence-electron chi connectivity index (χ2n) is 4.22. The summed E-state index contributed by atoms with van der Waals surface area (Å²) >= 11 is 5.87. The van der Waals surface area contributed by atoms with E-state index in [1.807, 2.05) is 31.3 Å². The van der Waals surface area contributed by atoms with Crippen LogP contribution < -0.4 is 10.1 Å². The van der Waals surface area contributed by atoms with Gasteiger partial charge in [0.25, 0.3) is 0 Å². The molecule has 0 aliphatic rings. The summed E-state index contributed by atoms with van der Waals surface area (Å²) in [6.07, 6.45) is 0. The van der Waals surface area contributed by atoms with Crippen molar-refractivity contribution >= 4 is 11.6 Å². The zero-order valence-electron chi connectivity index (χ0n) is 10.8. The minimum atomic E-state index is -2.81. The van der Waals surface area contributed by atoms with Crippen LogP contribution in [0.1, 0.15) is 17.2 Å². The number of hydrogen-bond acceptors (Lipinski definition) is 2. The van der Waals surface area contributed by atoms with Crippen molar-refractivity contribution in [3.63, 3.8) is 0 Å². The number of alkyl halides is 2. The van der Waals surface area contributed by atoms with E-state index in [1.54, 1.807) is 12.1 Å². The van der Waals surface area contributed by atoms with Gasteiger partial charge < -0.3 is 10.1 Å². The molecule has 5 heteroatoms. The second kappa shape index (κ2) is 6.68. The third-order valence-corrected chi connectivity index (χ3v) is 3.18. The van der Waals surface area contributed by atoms with E-state index in [0.717, 1.165) is 11.1 Å².